The number of benzene rings is 3. The number of para-hydroxylation sites is 2. The first-order chi connectivity index (χ1) is 16.4. The molecule has 1 saturated heterocycles. The molecule has 0 spiro atoms. The van der Waals surface area contributed by atoms with Crippen molar-refractivity contribution >= 4 is 43.2 Å². The van der Waals surface area contributed by atoms with Crippen LogP contribution in [0.15, 0.2) is 83.8 Å². The van der Waals surface area contributed by atoms with Crippen molar-refractivity contribution in [1.29, 1.82) is 0 Å². The third-order valence-corrected chi connectivity index (χ3v) is 9.28. The molecule has 0 aliphatic carbocycles. The van der Waals surface area contributed by atoms with Crippen molar-refractivity contribution in [3.05, 3.63) is 89.4 Å². The van der Waals surface area contributed by atoms with Crippen LogP contribution in [0.25, 0.3) is 10.2 Å². The topological polar surface area (TPSA) is 70.6 Å². The Kier molecular flexibility index (Phi) is 6.10. The van der Waals surface area contributed by atoms with Gasteiger partial charge < -0.3 is 4.90 Å². The highest BCUT2D eigenvalue weighted by molar-refractivity contribution is 7.92. The van der Waals surface area contributed by atoms with Crippen molar-refractivity contribution in [2.24, 2.45) is 0 Å². The molecule has 1 amide bonds. The second kappa shape index (κ2) is 9.19. The molecular weight excluding hydrogens is 466 g/mol. The molecule has 1 aliphatic heterocycles. The summed E-state index contributed by atoms with van der Waals surface area (Å²) in [5, 5.41) is 1.13. The zero-order chi connectivity index (χ0) is 23.7. The van der Waals surface area contributed by atoms with Gasteiger partial charge in [-0.2, -0.15) is 0 Å². The van der Waals surface area contributed by atoms with Crippen LogP contribution < -0.4 is 4.31 Å². The van der Waals surface area contributed by atoms with Crippen LogP contribution in [-0.4, -0.2) is 44.3 Å². The number of thiazole rings is 1. The minimum absolute atomic E-state index is 0.106. The van der Waals surface area contributed by atoms with Gasteiger partial charge in [0.2, 0.25) is 0 Å². The fraction of sp³-hybridized carbons (Fsp3) is 0.231. The summed E-state index contributed by atoms with van der Waals surface area (Å²) in [6.45, 7) is 1.25. The molecule has 0 radical (unpaired) electrons. The number of fused-ring (bicyclic) bond motifs is 1. The minimum atomic E-state index is -3.78. The molecule has 0 N–H and O–H groups in total. The van der Waals surface area contributed by atoms with Crippen molar-refractivity contribution in [1.82, 2.24) is 9.88 Å². The number of carbonyl (C=O) groups is 1. The number of hydrogen-bond donors (Lipinski definition) is 0. The zero-order valence-corrected chi connectivity index (χ0v) is 20.4. The molecule has 3 aromatic carbocycles. The van der Waals surface area contributed by atoms with E-state index in [0.717, 1.165) is 23.4 Å². The van der Waals surface area contributed by atoms with Gasteiger partial charge in [0.15, 0.2) is 0 Å². The fourth-order valence-electron chi connectivity index (χ4n) is 4.30. The van der Waals surface area contributed by atoms with Gasteiger partial charge in [-0.05, 0) is 55.3 Å². The van der Waals surface area contributed by atoms with E-state index in [1.54, 1.807) is 47.7 Å². The second-order valence-corrected chi connectivity index (χ2v) is 11.5. The van der Waals surface area contributed by atoms with E-state index >= 15 is 0 Å². The van der Waals surface area contributed by atoms with Crippen LogP contribution in [0, 0.1) is 0 Å². The molecule has 2 heterocycles. The molecule has 6 nitrogen and oxygen atoms in total. The Bertz CT molecular complexity index is 1390. The summed E-state index contributed by atoms with van der Waals surface area (Å²) >= 11 is 1.73. The summed E-state index contributed by atoms with van der Waals surface area (Å²) in [6, 6.07) is 23.4. The molecule has 0 saturated carbocycles. The van der Waals surface area contributed by atoms with Crippen LogP contribution in [0.1, 0.15) is 34.1 Å². The van der Waals surface area contributed by atoms with Gasteiger partial charge in [0.05, 0.1) is 25.8 Å². The van der Waals surface area contributed by atoms with Gasteiger partial charge in [0, 0.05) is 31.6 Å². The maximum atomic E-state index is 13.2. The lowest BCUT2D eigenvalue weighted by Gasteiger charge is -2.31. The second-order valence-electron chi connectivity index (χ2n) is 8.42. The maximum absolute atomic E-state index is 13.2. The summed E-state index contributed by atoms with van der Waals surface area (Å²) in [5.41, 5.74) is 1.98. The molecule has 1 fully saturated rings. The molecule has 34 heavy (non-hydrogen) atoms. The molecule has 0 bridgehead atoms. The summed E-state index contributed by atoms with van der Waals surface area (Å²) < 4.78 is 28.7. The molecule has 0 unspecified atom stereocenters. The molecule has 4 aromatic rings. The SMILES string of the molecule is CN(c1ccccc1)S(=O)(=O)c1cccc(C(=O)N2CCC(c3nc4ccccc4s3)CC2)c1. The van der Waals surface area contributed by atoms with Gasteiger partial charge in [-0.1, -0.05) is 36.4 Å². The van der Waals surface area contributed by atoms with E-state index in [1.807, 2.05) is 29.2 Å². The van der Waals surface area contributed by atoms with E-state index in [-0.39, 0.29) is 10.8 Å². The number of piperidine rings is 1. The van der Waals surface area contributed by atoms with E-state index in [0.29, 0.717) is 30.3 Å². The van der Waals surface area contributed by atoms with Gasteiger partial charge in [0.1, 0.15) is 0 Å². The molecular formula is C26H25N3O3S2. The number of nitrogens with zero attached hydrogens (tertiary/aromatic N) is 3. The monoisotopic (exact) mass is 491 g/mol. The van der Waals surface area contributed by atoms with Crippen molar-refractivity contribution in [3.8, 4) is 0 Å². The van der Waals surface area contributed by atoms with Gasteiger partial charge in [-0.15, -0.1) is 11.3 Å². The number of sulfonamides is 1. The summed E-state index contributed by atoms with van der Waals surface area (Å²) in [4.78, 5) is 19.9. The maximum Gasteiger partial charge on any atom is 0.264 e. The first kappa shape index (κ1) is 22.6. The highest BCUT2D eigenvalue weighted by atomic mass is 32.2. The average Bonchev–Trinajstić information content (AvgIpc) is 3.33. The Labute approximate surface area is 203 Å². The molecule has 1 aromatic heterocycles. The Balaban J connectivity index is 1.29. The van der Waals surface area contributed by atoms with Crippen molar-refractivity contribution in [2.75, 3.05) is 24.4 Å². The quantitative estimate of drug-likeness (QED) is 0.388. The predicted molar refractivity (Wildman–Crippen MR) is 136 cm³/mol. The number of hydrogen-bond acceptors (Lipinski definition) is 5. The van der Waals surface area contributed by atoms with Crippen LogP contribution in [0.2, 0.25) is 0 Å². The lowest BCUT2D eigenvalue weighted by molar-refractivity contribution is 0.0712. The van der Waals surface area contributed by atoms with Gasteiger partial charge in [0.25, 0.3) is 15.9 Å². The van der Waals surface area contributed by atoms with E-state index in [4.69, 9.17) is 4.98 Å². The van der Waals surface area contributed by atoms with Crippen LogP contribution in [0.5, 0.6) is 0 Å². The van der Waals surface area contributed by atoms with Gasteiger partial charge in [-0.25, -0.2) is 13.4 Å². The normalized spacial score (nSPS) is 14.9. The Morgan fingerprint density at radius 3 is 2.41 bits per heavy atom. The van der Waals surface area contributed by atoms with E-state index in [9.17, 15) is 13.2 Å². The number of carbonyl (C=O) groups excluding carboxylic acids is 1. The highest BCUT2D eigenvalue weighted by Gasteiger charge is 2.28. The molecule has 1 aliphatic rings. The number of likely N-dealkylation sites (tertiary alicyclic amines) is 1. The Morgan fingerprint density at radius 1 is 0.971 bits per heavy atom. The lowest BCUT2D eigenvalue weighted by atomic mass is 9.97. The molecule has 5 rings (SSSR count). The zero-order valence-electron chi connectivity index (χ0n) is 18.8. The van der Waals surface area contributed by atoms with E-state index in [1.165, 1.54) is 28.2 Å². The number of rotatable bonds is 5. The fourth-order valence-corrected chi connectivity index (χ4v) is 6.68. The van der Waals surface area contributed by atoms with Crippen molar-refractivity contribution in [3.63, 3.8) is 0 Å². The summed E-state index contributed by atoms with van der Waals surface area (Å²) in [7, 11) is -2.26. The van der Waals surface area contributed by atoms with Gasteiger partial charge in [-0.3, -0.25) is 9.10 Å². The Hall–Kier alpha value is -3.23. The third kappa shape index (κ3) is 4.31. The van der Waals surface area contributed by atoms with Crippen molar-refractivity contribution < 1.29 is 13.2 Å². The van der Waals surface area contributed by atoms with Crippen molar-refractivity contribution in [2.45, 2.75) is 23.7 Å². The highest BCUT2D eigenvalue weighted by Crippen LogP contribution is 2.34. The number of amides is 1. The largest absolute Gasteiger partial charge is 0.339 e. The van der Waals surface area contributed by atoms with Crippen LogP contribution in [0.4, 0.5) is 5.69 Å². The van der Waals surface area contributed by atoms with Crippen LogP contribution in [0.3, 0.4) is 0 Å². The number of anilines is 1. The van der Waals surface area contributed by atoms with Crippen LogP contribution >= 0.6 is 11.3 Å². The molecule has 174 valence electrons. The predicted octanol–water partition coefficient (Wildman–Crippen LogP) is 5.14. The lowest BCUT2D eigenvalue weighted by Crippen LogP contribution is -2.38. The summed E-state index contributed by atoms with van der Waals surface area (Å²) in [5.74, 6) is 0.204. The van der Waals surface area contributed by atoms with Crippen LogP contribution in [-0.2, 0) is 10.0 Å². The number of aromatic nitrogens is 1. The van der Waals surface area contributed by atoms with E-state index < -0.39 is 10.0 Å². The average molecular weight is 492 g/mol. The molecule has 0 atom stereocenters. The Morgan fingerprint density at radius 2 is 1.68 bits per heavy atom. The van der Waals surface area contributed by atoms with Gasteiger partial charge >= 0.3 is 0 Å². The summed E-state index contributed by atoms with van der Waals surface area (Å²) in [6.07, 6.45) is 1.70. The van der Waals surface area contributed by atoms with E-state index in [2.05, 4.69) is 6.07 Å². The molecule has 8 heteroatoms. The first-order valence-corrected chi connectivity index (χ1v) is 13.5. The third-order valence-electron chi connectivity index (χ3n) is 6.30. The standard InChI is InChI=1S/C26H25N3O3S2/c1-28(21-9-3-2-4-10-21)34(31,32)22-11-7-8-20(18-22)26(30)29-16-14-19(15-17-29)25-27-23-12-5-6-13-24(23)33-25/h2-13,18-19H,14-17H2,1H3. The minimum Gasteiger partial charge on any atom is -0.339 e. The first-order valence-electron chi connectivity index (χ1n) is 11.2. The smallest absolute Gasteiger partial charge is 0.264 e.